The zero-order valence-electron chi connectivity index (χ0n) is 15.8. The Hall–Kier alpha value is -2.44. The summed E-state index contributed by atoms with van der Waals surface area (Å²) in [6.07, 6.45) is 0. The molecule has 158 valence electrons. The number of rotatable bonds is 7. The maximum absolute atomic E-state index is 13.0. The molecule has 0 aliphatic carbocycles. The van der Waals surface area contributed by atoms with E-state index in [-0.39, 0.29) is 23.0 Å². The topological polar surface area (TPSA) is 145 Å². The maximum atomic E-state index is 13.0. The summed E-state index contributed by atoms with van der Waals surface area (Å²) in [5.74, 6) is -0.163. The molecular weight excluding hydrogens is 422 g/mol. The van der Waals surface area contributed by atoms with Crippen LogP contribution in [0.5, 0.6) is 5.75 Å². The zero-order valence-corrected chi connectivity index (χ0v) is 17.4. The molecule has 1 aliphatic heterocycles. The van der Waals surface area contributed by atoms with Gasteiger partial charge in [0.1, 0.15) is 11.5 Å². The molecule has 1 fully saturated rings. The third-order valence-electron chi connectivity index (χ3n) is 4.51. The summed E-state index contributed by atoms with van der Waals surface area (Å²) in [7, 11) is -6.06. The van der Waals surface area contributed by atoms with E-state index in [1.165, 1.54) is 37.4 Å². The Morgan fingerprint density at radius 1 is 1.28 bits per heavy atom. The van der Waals surface area contributed by atoms with Gasteiger partial charge in [0, 0.05) is 12.1 Å². The molecule has 2 atom stereocenters. The molecule has 0 spiro atoms. The summed E-state index contributed by atoms with van der Waals surface area (Å²) in [5.41, 5.74) is 0. The van der Waals surface area contributed by atoms with Gasteiger partial charge in [-0.05, 0) is 31.2 Å². The van der Waals surface area contributed by atoms with E-state index in [2.05, 4.69) is 15.8 Å². The Bertz CT molecular complexity index is 1090. The van der Waals surface area contributed by atoms with E-state index >= 15 is 0 Å². The summed E-state index contributed by atoms with van der Waals surface area (Å²) in [6.45, 7) is 1.39. The van der Waals surface area contributed by atoms with Crippen molar-refractivity contribution < 1.29 is 30.9 Å². The van der Waals surface area contributed by atoms with E-state index in [4.69, 9.17) is 9.26 Å². The molecule has 12 heteroatoms. The van der Waals surface area contributed by atoms with E-state index in [9.17, 15) is 21.6 Å². The lowest BCUT2D eigenvalue weighted by atomic mass is 10.2. The number of methoxy groups -OCH3 is 1. The van der Waals surface area contributed by atoms with Crippen LogP contribution in [0.25, 0.3) is 0 Å². The average molecular weight is 444 g/mol. The molecule has 1 aromatic carbocycles. The van der Waals surface area contributed by atoms with E-state index in [1.807, 2.05) is 0 Å². The lowest BCUT2D eigenvalue weighted by Crippen LogP contribution is -2.46. The monoisotopic (exact) mass is 443 g/mol. The minimum atomic E-state index is -3.94. The van der Waals surface area contributed by atoms with Crippen LogP contribution in [0.2, 0.25) is 0 Å². The number of ether oxygens (including phenoxy) is 1. The predicted octanol–water partition coefficient (Wildman–Crippen LogP) is 0.159. The molecule has 0 bridgehead atoms. The number of sulfone groups is 2. The fourth-order valence-electron chi connectivity index (χ4n) is 3.09. The molecule has 10 nitrogen and oxygen atoms in total. The number of amides is 1. The molecule has 3 rings (SSSR count). The van der Waals surface area contributed by atoms with Crippen molar-refractivity contribution in [2.24, 2.45) is 0 Å². The number of carbonyl (C=O) groups excluding carboxylic acids is 1. The van der Waals surface area contributed by atoms with Crippen LogP contribution in [0.15, 0.2) is 39.8 Å². The van der Waals surface area contributed by atoms with Crippen molar-refractivity contribution >= 4 is 31.4 Å². The standard InChI is InChI=1S/C17H21N3O7S2/c1-11-7-16(20-27-11)19-17(21)8-18-14-9-28(22,23)10-15(14)29(24,25)13-5-3-12(26-2)4-6-13/h3-7,14-15,18H,8-10H2,1-2H3,(H,19,20,21)/t14-,15-/m0/s1. The molecule has 0 radical (unpaired) electrons. The fraction of sp³-hybridized carbons (Fsp3) is 0.412. The second-order valence-electron chi connectivity index (χ2n) is 6.69. The number of hydrogen-bond donors (Lipinski definition) is 2. The van der Waals surface area contributed by atoms with Crippen LogP contribution in [0.4, 0.5) is 5.82 Å². The van der Waals surface area contributed by atoms with Crippen molar-refractivity contribution in [2.75, 3.05) is 30.5 Å². The van der Waals surface area contributed by atoms with Crippen molar-refractivity contribution in [1.29, 1.82) is 0 Å². The first-order valence-corrected chi connectivity index (χ1v) is 12.0. The molecule has 0 unspecified atom stereocenters. The predicted molar refractivity (Wildman–Crippen MR) is 104 cm³/mol. The molecule has 0 saturated carbocycles. The average Bonchev–Trinajstić information content (AvgIpc) is 3.22. The summed E-state index contributed by atoms with van der Waals surface area (Å²) < 4.78 is 60.1. The number of aryl methyl sites for hydroxylation is 1. The quantitative estimate of drug-likeness (QED) is 0.611. The lowest BCUT2D eigenvalue weighted by Gasteiger charge is -2.19. The van der Waals surface area contributed by atoms with Crippen LogP contribution < -0.4 is 15.4 Å². The van der Waals surface area contributed by atoms with Crippen molar-refractivity contribution in [3.63, 3.8) is 0 Å². The highest BCUT2D eigenvalue weighted by Crippen LogP contribution is 2.27. The number of hydrogen-bond acceptors (Lipinski definition) is 9. The third kappa shape index (κ3) is 4.95. The normalized spacial score (nSPS) is 21.0. The number of benzene rings is 1. The van der Waals surface area contributed by atoms with Gasteiger partial charge in [-0.25, -0.2) is 16.8 Å². The second kappa shape index (κ2) is 8.13. The minimum absolute atomic E-state index is 0.00489. The van der Waals surface area contributed by atoms with Crippen LogP contribution in [0, 0.1) is 6.92 Å². The molecule has 2 N–H and O–H groups in total. The lowest BCUT2D eigenvalue weighted by molar-refractivity contribution is -0.115. The molecule has 2 heterocycles. The largest absolute Gasteiger partial charge is 0.497 e. The van der Waals surface area contributed by atoms with Crippen LogP contribution in [-0.4, -0.2) is 64.4 Å². The number of aromatic nitrogens is 1. The van der Waals surface area contributed by atoms with E-state index in [0.29, 0.717) is 11.5 Å². The highest BCUT2D eigenvalue weighted by atomic mass is 32.2. The molecule has 1 saturated heterocycles. The van der Waals surface area contributed by atoms with Gasteiger partial charge in [0.05, 0.1) is 35.3 Å². The summed E-state index contributed by atoms with van der Waals surface area (Å²) >= 11 is 0. The number of nitrogens with one attached hydrogen (secondary N) is 2. The maximum Gasteiger partial charge on any atom is 0.239 e. The molecule has 2 aromatic rings. The van der Waals surface area contributed by atoms with Gasteiger partial charge < -0.3 is 19.9 Å². The van der Waals surface area contributed by atoms with Gasteiger partial charge in [0.2, 0.25) is 5.91 Å². The zero-order chi connectivity index (χ0) is 21.2. The van der Waals surface area contributed by atoms with E-state index in [0.717, 1.165) is 0 Å². The third-order valence-corrected chi connectivity index (χ3v) is 8.67. The SMILES string of the molecule is COc1ccc(S(=O)(=O)[C@H]2CS(=O)(=O)C[C@@H]2NCC(=O)Nc2cc(C)on2)cc1. The number of anilines is 1. The Morgan fingerprint density at radius 3 is 2.55 bits per heavy atom. The Kier molecular flexibility index (Phi) is 5.96. The van der Waals surface area contributed by atoms with Crippen LogP contribution in [0.3, 0.4) is 0 Å². The van der Waals surface area contributed by atoms with Gasteiger partial charge in [0.15, 0.2) is 25.5 Å². The van der Waals surface area contributed by atoms with Crippen molar-refractivity contribution in [1.82, 2.24) is 10.5 Å². The smallest absolute Gasteiger partial charge is 0.239 e. The van der Waals surface area contributed by atoms with Gasteiger partial charge in [-0.15, -0.1) is 0 Å². The van der Waals surface area contributed by atoms with Gasteiger partial charge in [0.25, 0.3) is 0 Å². The first-order valence-electron chi connectivity index (χ1n) is 8.65. The summed E-state index contributed by atoms with van der Waals surface area (Å²) in [4.78, 5) is 12.1. The van der Waals surface area contributed by atoms with Crippen LogP contribution in [0.1, 0.15) is 5.76 Å². The Balaban J connectivity index is 1.73. The first-order chi connectivity index (χ1) is 13.6. The molecule has 29 heavy (non-hydrogen) atoms. The summed E-state index contributed by atoms with van der Waals surface area (Å²) in [5, 5.41) is 7.67. The number of nitrogens with zero attached hydrogens (tertiary/aromatic N) is 1. The first kappa shape index (κ1) is 21.3. The highest BCUT2D eigenvalue weighted by molar-refractivity contribution is 7.96. The van der Waals surface area contributed by atoms with Crippen LogP contribution in [-0.2, 0) is 24.5 Å². The van der Waals surface area contributed by atoms with Gasteiger partial charge >= 0.3 is 0 Å². The number of carbonyl (C=O) groups is 1. The Morgan fingerprint density at radius 2 is 1.97 bits per heavy atom. The van der Waals surface area contributed by atoms with Crippen molar-refractivity contribution in [3.05, 3.63) is 36.1 Å². The molecule has 1 amide bonds. The van der Waals surface area contributed by atoms with Crippen molar-refractivity contribution in [3.8, 4) is 5.75 Å². The van der Waals surface area contributed by atoms with Crippen molar-refractivity contribution in [2.45, 2.75) is 23.1 Å². The van der Waals surface area contributed by atoms with Gasteiger partial charge in [-0.1, -0.05) is 5.16 Å². The van der Waals surface area contributed by atoms with Gasteiger partial charge in [-0.3, -0.25) is 4.79 Å². The fourth-order valence-corrected chi connectivity index (χ4v) is 7.80. The minimum Gasteiger partial charge on any atom is -0.497 e. The van der Waals surface area contributed by atoms with Crippen LogP contribution >= 0.6 is 0 Å². The van der Waals surface area contributed by atoms with E-state index < -0.39 is 42.6 Å². The highest BCUT2D eigenvalue weighted by Gasteiger charge is 2.45. The molecular formula is C17H21N3O7S2. The summed E-state index contributed by atoms with van der Waals surface area (Å²) in [6, 6.07) is 6.33. The molecule has 1 aliphatic rings. The molecule has 1 aromatic heterocycles. The van der Waals surface area contributed by atoms with Gasteiger partial charge in [-0.2, -0.15) is 0 Å². The van der Waals surface area contributed by atoms with E-state index in [1.54, 1.807) is 6.92 Å². The Labute approximate surface area is 168 Å². The second-order valence-corrected chi connectivity index (χ2v) is 11.0.